The van der Waals surface area contributed by atoms with E-state index in [1.807, 2.05) is 49.3 Å². The average molecular weight is 631 g/mol. The van der Waals surface area contributed by atoms with Crippen molar-refractivity contribution in [3.8, 4) is 17.1 Å². The molecule has 8 aromatic rings. The van der Waals surface area contributed by atoms with E-state index in [9.17, 15) is 0 Å². The van der Waals surface area contributed by atoms with Gasteiger partial charge in [0.15, 0.2) is 5.82 Å². The Morgan fingerprint density at radius 1 is 0.776 bits per heavy atom. The number of hydrogen-bond acceptors (Lipinski definition) is 3. The topological polar surface area (TPSA) is 43.9 Å². The van der Waals surface area contributed by atoms with Gasteiger partial charge < -0.3 is 4.42 Å². The van der Waals surface area contributed by atoms with Gasteiger partial charge in [-0.25, -0.2) is 9.97 Å². The summed E-state index contributed by atoms with van der Waals surface area (Å²) in [4.78, 5) is 10.5. The highest BCUT2D eigenvalue weighted by molar-refractivity contribution is 6.42. The Morgan fingerprint density at radius 3 is 2.35 bits per heavy atom. The maximum Gasteiger partial charge on any atom is 0.213 e. The average Bonchev–Trinajstić information content (AvgIpc) is 3.67. The molecule has 1 aliphatic rings. The Hall–Kier alpha value is -5.94. The van der Waals surface area contributed by atoms with E-state index in [1.165, 1.54) is 22.0 Å². The summed E-state index contributed by atoms with van der Waals surface area (Å²) in [5, 5.41) is 4.53. The van der Waals surface area contributed by atoms with Crippen molar-refractivity contribution in [1.29, 1.82) is 0 Å². The highest BCUT2D eigenvalue weighted by Gasteiger charge is 2.36. The fourth-order valence-corrected chi connectivity index (χ4v) is 7.65. The lowest BCUT2D eigenvalue weighted by molar-refractivity contribution is 0.612. The van der Waals surface area contributed by atoms with Gasteiger partial charge in [0.2, 0.25) is 5.71 Å². The van der Waals surface area contributed by atoms with E-state index in [0.717, 1.165) is 66.6 Å². The third-order valence-electron chi connectivity index (χ3n) is 10.0. The first-order valence-electron chi connectivity index (χ1n) is 16.7. The molecule has 233 valence electrons. The number of para-hydroxylation sites is 3. The summed E-state index contributed by atoms with van der Waals surface area (Å²) in [6.45, 7) is 10.8. The molecule has 0 saturated heterocycles. The second kappa shape index (κ2) is 11.1. The molecule has 0 N–H and O–H groups in total. The monoisotopic (exact) mass is 630 g/mol. The van der Waals surface area contributed by atoms with Gasteiger partial charge in [0.1, 0.15) is 12.9 Å². The lowest BCUT2D eigenvalue weighted by Gasteiger charge is -2.34. The van der Waals surface area contributed by atoms with E-state index in [1.54, 1.807) is 0 Å². The maximum atomic E-state index is 6.59. The molecule has 0 fully saturated rings. The first-order valence-corrected chi connectivity index (χ1v) is 16.7. The number of fused-ring (bicyclic) bond motifs is 8. The van der Waals surface area contributed by atoms with Crippen LogP contribution in [0.1, 0.15) is 36.2 Å². The Morgan fingerprint density at radius 2 is 1.53 bits per heavy atom. The van der Waals surface area contributed by atoms with Gasteiger partial charge in [0, 0.05) is 27.1 Å². The molecule has 4 heterocycles. The number of rotatable bonds is 6. The Bertz CT molecular complexity index is 2690. The molecule has 1 aliphatic heterocycles. The predicted octanol–water partition coefficient (Wildman–Crippen LogP) is 11.1. The van der Waals surface area contributed by atoms with Crippen molar-refractivity contribution >= 4 is 62.3 Å². The third-order valence-corrected chi connectivity index (χ3v) is 10.0. The Balaban J connectivity index is 1.26. The Kier molecular flexibility index (Phi) is 6.60. The zero-order chi connectivity index (χ0) is 33.3. The summed E-state index contributed by atoms with van der Waals surface area (Å²) in [6, 6.07) is 40.2. The first-order chi connectivity index (χ1) is 24.0. The van der Waals surface area contributed by atoms with Gasteiger partial charge >= 0.3 is 0 Å². The van der Waals surface area contributed by atoms with Crippen LogP contribution in [-0.4, -0.2) is 21.8 Å². The second-order valence-electron chi connectivity index (χ2n) is 13.2. The molecule has 0 amide bonds. The lowest BCUT2D eigenvalue weighted by atomic mass is 9.74. The molecular weight excluding hydrogens is 597 g/mol. The number of aromatic nitrogens is 3. The molecule has 4 nitrogen and oxygen atoms in total. The standard InChI is InChI=1S/C44H33BN3O/c1-5-27(28-14-7-6-8-15-28)24-30(26-45-4)40-31-16-9-11-20-36(31)46-42(47-40)29-22-23-37-35(25-29)44(2,3)34-19-13-18-33-39-32-17-10-12-21-38(32)49-43(39)48(37)41(33)34/h5-26H,1H2,2-4H3/b27-24+,30-26+. The number of hydrogen-bond donors (Lipinski definition) is 0. The maximum absolute atomic E-state index is 6.59. The SMILES string of the molecule is C=C/C(=C\C(=C/[B]C)c1nc(-c2ccc3c(c2)C(C)(C)c2cccc4c5c6ccccc6oc5n-3c24)nc2ccccc12)c1ccccc1. The van der Waals surface area contributed by atoms with Crippen molar-refractivity contribution in [2.75, 3.05) is 0 Å². The van der Waals surface area contributed by atoms with Crippen molar-refractivity contribution < 1.29 is 4.42 Å². The van der Waals surface area contributed by atoms with Crippen LogP contribution in [0.2, 0.25) is 6.82 Å². The van der Waals surface area contributed by atoms with E-state index in [-0.39, 0.29) is 5.41 Å². The first kappa shape index (κ1) is 29.2. The zero-order valence-corrected chi connectivity index (χ0v) is 27.7. The van der Waals surface area contributed by atoms with Crippen LogP contribution < -0.4 is 0 Å². The van der Waals surface area contributed by atoms with E-state index < -0.39 is 0 Å². The van der Waals surface area contributed by atoms with Crippen LogP contribution in [0.3, 0.4) is 0 Å². The van der Waals surface area contributed by atoms with Crippen LogP contribution in [0.4, 0.5) is 0 Å². The van der Waals surface area contributed by atoms with Gasteiger partial charge in [-0.3, -0.25) is 4.57 Å². The molecule has 5 heteroatoms. The van der Waals surface area contributed by atoms with Crippen molar-refractivity contribution in [3.63, 3.8) is 0 Å². The van der Waals surface area contributed by atoms with Gasteiger partial charge in [-0.05, 0) is 64.2 Å². The molecule has 1 radical (unpaired) electrons. The highest BCUT2D eigenvalue weighted by atomic mass is 16.3. The molecular formula is C44H33BN3O. The van der Waals surface area contributed by atoms with Gasteiger partial charge in [0.05, 0.1) is 27.8 Å². The molecule has 0 aliphatic carbocycles. The van der Waals surface area contributed by atoms with Gasteiger partial charge in [-0.2, -0.15) is 0 Å². The van der Waals surface area contributed by atoms with Crippen molar-refractivity contribution in [1.82, 2.24) is 14.5 Å². The fourth-order valence-electron chi connectivity index (χ4n) is 7.65. The van der Waals surface area contributed by atoms with Gasteiger partial charge in [-0.15, -0.1) is 5.98 Å². The summed E-state index contributed by atoms with van der Waals surface area (Å²) < 4.78 is 8.91. The molecule has 0 bridgehead atoms. The summed E-state index contributed by atoms with van der Waals surface area (Å²) in [6.07, 6.45) is 4.08. The lowest BCUT2D eigenvalue weighted by Crippen LogP contribution is -2.26. The molecule has 0 saturated carbocycles. The minimum atomic E-state index is -0.272. The summed E-state index contributed by atoms with van der Waals surface area (Å²) in [5.74, 6) is 2.81. The largest absolute Gasteiger partial charge is 0.439 e. The van der Waals surface area contributed by atoms with Crippen LogP contribution in [0.25, 0.3) is 72.1 Å². The van der Waals surface area contributed by atoms with E-state index in [4.69, 9.17) is 14.4 Å². The molecule has 0 spiro atoms. The number of furan rings is 1. The van der Waals surface area contributed by atoms with Gasteiger partial charge in [-0.1, -0.05) is 118 Å². The second-order valence-corrected chi connectivity index (χ2v) is 13.2. The highest BCUT2D eigenvalue weighted by Crippen LogP contribution is 2.50. The molecule has 0 atom stereocenters. The molecule has 3 aromatic heterocycles. The quantitative estimate of drug-likeness (QED) is 0.136. The summed E-state index contributed by atoms with van der Waals surface area (Å²) in [5.41, 5.74) is 12.2. The minimum Gasteiger partial charge on any atom is -0.439 e. The summed E-state index contributed by atoms with van der Waals surface area (Å²) in [7, 11) is 2.06. The predicted molar refractivity (Wildman–Crippen MR) is 205 cm³/mol. The Labute approximate surface area is 286 Å². The van der Waals surface area contributed by atoms with Crippen LogP contribution in [-0.2, 0) is 5.41 Å². The number of benzene rings is 5. The smallest absolute Gasteiger partial charge is 0.213 e. The van der Waals surface area contributed by atoms with E-state index in [0.29, 0.717) is 5.82 Å². The molecule has 0 unspecified atom stereocenters. The van der Waals surface area contributed by atoms with Crippen LogP contribution in [0, 0.1) is 0 Å². The van der Waals surface area contributed by atoms with Crippen molar-refractivity contribution in [2.45, 2.75) is 26.1 Å². The van der Waals surface area contributed by atoms with Crippen molar-refractivity contribution in [3.05, 3.63) is 162 Å². The normalized spacial score (nSPS) is 14.1. The number of nitrogens with zero attached hydrogens (tertiary/aromatic N) is 3. The third kappa shape index (κ3) is 4.39. The molecule has 49 heavy (non-hydrogen) atoms. The molecule has 9 rings (SSSR count). The van der Waals surface area contributed by atoms with Gasteiger partial charge in [0.25, 0.3) is 0 Å². The minimum absolute atomic E-state index is 0.272. The zero-order valence-electron chi connectivity index (χ0n) is 27.7. The number of allylic oxidation sites excluding steroid dienone is 4. The van der Waals surface area contributed by atoms with Crippen LogP contribution in [0.15, 0.2) is 144 Å². The van der Waals surface area contributed by atoms with Crippen molar-refractivity contribution in [2.24, 2.45) is 0 Å². The van der Waals surface area contributed by atoms with Crippen LogP contribution >= 0.6 is 0 Å². The van der Waals surface area contributed by atoms with Crippen LogP contribution in [0.5, 0.6) is 0 Å². The summed E-state index contributed by atoms with van der Waals surface area (Å²) >= 11 is 0. The van der Waals surface area contributed by atoms with E-state index in [2.05, 4.69) is 123 Å². The fraction of sp³-hybridized carbons (Fsp3) is 0.0909. The van der Waals surface area contributed by atoms with E-state index >= 15 is 0 Å². The molecule has 5 aromatic carbocycles.